The molecule has 150 valence electrons. The Morgan fingerprint density at radius 2 is 1.53 bits per heavy atom. The third-order valence-corrected chi connectivity index (χ3v) is 6.67. The van der Waals surface area contributed by atoms with Crippen LogP contribution in [0.15, 0.2) is 84.9 Å². The summed E-state index contributed by atoms with van der Waals surface area (Å²) in [4.78, 5) is 14.9. The summed E-state index contributed by atoms with van der Waals surface area (Å²) in [6, 6.07) is 27.5. The number of benzene rings is 3. The highest BCUT2D eigenvalue weighted by molar-refractivity contribution is 5.84. The van der Waals surface area contributed by atoms with Gasteiger partial charge in [0.15, 0.2) is 0 Å². The first-order chi connectivity index (χ1) is 14.5. The molecular weight excluding hydrogens is 368 g/mol. The molecule has 0 spiro atoms. The number of nitrogens with zero attached hydrogens (tertiary/aromatic N) is 1. The van der Waals surface area contributed by atoms with Crippen molar-refractivity contribution < 1.29 is 4.79 Å². The van der Waals surface area contributed by atoms with Crippen molar-refractivity contribution in [2.24, 2.45) is 0 Å². The van der Waals surface area contributed by atoms with E-state index in [9.17, 15) is 4.79 Å². The topological polar surface area (TPSA) is 32.3 Å². The van der Waals surface area contributed by atoms with E-state index >= 15 is 0 Å². The van der Waals surface area contributed by atoms with Gasteiger partial charge in [-0.3, -0.25) is 4.79 Å². The number of rotatable bonds is 3. The molecule has 3 aromatic carbocycles. The fraction of sp³-hybridized carbons (Fsp3) is 0.222. The molecule has 0 unspecified atom stereocenters. The summed E-state index contributed by atoms with van der Waals surface area (Å²) in [6.45, 7) is 5.17. The molecule has 1 saturated heterocycles. The van der Waals surface area contributed by atoms with Gasteiger partial charge in [-0.15, -0.1) is 0 Å². The molecular formula is C27H26N2O. The zero-order valence-corrected chi connectivity index (χ0v) is 17.4. The standard InChI is InChI=1S/C27H26N2O/c1-26(2)23-10-6-7-11-24(23)29-19-17-25(30)28-27(26,29)18-16-20-12-14-22(15-13-20)21-8-4-3-5-9-21/h3-16,18H,17,19H2,1-2H3,(H,28,30)/b18-16+/t27-/m1/s1. The first-order valence-electron chi connectivity index (χ1n) is 10.5. The van der Waals surface area contributed by atoms with Crippen LogP contribution in [0, 0.1) is 0 Å². The van der Waals surface area contributed by atoms with Gasteiger partial charge >= 0.3 is 0 Å². The molecule has 5 rings (SSSR count). The molecule has 1 fully saturated rings. The SMILES string of the molecule is CC1(C)c2ccccc2N2CCC(=O)N[C@]21/C=C/c1ccc(-c2ccccc2)cc1. The van der Waals surface area contributed by atoms with Gasteiger partial charge in [0.1, 0.15) is 5.66 Å². The molecule has 2 aliphatic rings. The second kappa shape index (κ2) is 6.88. The monoisotopic (exact) mass is 394 g/mol. The lowest BCUT2D eigenvalue weighted by atomic mass is 9.74. The normalized spacial score (nSPS) is 21.9. The smallest absolute Gasteiger partial charge is 0.223 e. The summed E-state index contributed by atoms with van der Waals surface area (Å²) >= 11 is 0. The molecule has 3 nitrogen and oxygen atoms in total. The van der Waals surface area contributed by atoms with Crippen molar-refractivity contribution in [2.75, 3.05) is 11.4 Å². The van der Waals surface area contributed by atoms with E-state index in [0.717, 1.165) is 12.1 Å². The maximum Gasteiger partial charge on any atom is 0.223 e. The van der Waals surface area contributed by atoms with Crippen LogP contribution < -0.4 is 10.2 Å². The molecule has 0 bridgehead atoms. The van der Waals surface area contributed by atoms with Crippen molar-refractivity contribution in [1.29, 1.82) is 0 Å². The van der Waals surface area contributed by atoms with E-state index in [1.54, 1.807) is 0 Å². The second-order valence-corrected chi connectivity index (χ2v) is 8.68. The van der Waals surface area contributed by atoms with Crippen LogP contribution in [0.5, 0.6) is 0 Å². The van der Waals surface area contributed by atoms with Crippen molar-refractivity contribution in [3.05, 3.63) is 96.1 Å². The second-order valence-electron chi connectivity index (χ2n) is 8.68. The Bertz CT molecular complexity index is 1120. The summed E-state index contributed by atoms with van der Waals surface area (Å²) in [5.74, 6) is 0.108. The molecule has 0 aliphatic carbocycles. The Morgan fingerprint density at radius 1 is 0.867 bits per heavy atom. The molecule has 3 aromatic rings. The van der Waals surface area contributed by atoms with Crippen LogP contribution in [0.3, 0.4) is 0 Å². The van der Waals surface area contributed by atoms with Crippen LogP contribution >= 0.6 is 0 Å². The number of carbonyl (C=O) groups excluding carboxylic acids is 1. The van der Waals surface area contributed by atoms with E-state index in [1.807, 2.05) is 6.07 Å². The number of amides is 1. The van der Waals surface area contributed by atoms with E-state index in [-0.39, 0.29) is 11.3 Å². The van der Waals surface area contributed by atoms with E-state index in [4.69, 9.17) is 0 Å². The fourth-order valence-electron chi connectivity index (χ4n) is 4.95. The van der Waals surface area contributed by atoms with Gasteiger partial charge in [-0.25, -0.2) is 0 Å². The Balaban J connectivity index is 1.52. The van der Waals surface area contributed by atoms with Crippen LogP contribution in [0.1, 0.15) is 31.4 Å². The number of anilines is 1. The number of fused-ring (bicyclic) bond motifs is 3. The van der Waals surface area contributed by atoms with Crippen molar-refractivity contribution in [2.45, 2.75) is 31.3 Å². The van der Waals surface area contributed by atoms with E-state index < -0.39 is 5.66 Å². The van der Waals surface area contributed by atoms with Gasteiger partial charge < -0.3 is 10.2 Å². The van der Waals surface area contributed by atoms with Gasteiger partial charge in [0.05, 0.1) is 0 Å². The van der Waals surface area contributed by atoms with Crippen molar-refractivity contribution in [3.8, 4) is 11.1 Å². The number of carbonyl (C=O) groups is 1. The largest absolute Gasteiger partial charge is 0.344 e. The predicted octanol–water partition coefficient (Wildman–Crippen LogP) is 5.38. The summed E-state index contributed by atoms with van der Waals surface area (Å²) < 4.78 is 0. The van der Waals surface area contributed by atoms with Gasteiger partial charge in [-0.2, -0.15) is 0 Å². The van der Waals surface area contributed by atoms with E-state index in [1.165, 1.54) is 22.4 Å². The highest BCUT2D eigenvalue weighted by atomic mass is 16.2. The van der Waals surface area contributed by atoms with Gasteiger partial charge in [0.25, 0.3) is 0 Å². The molecule has 3 heteroatoms. The first kappa shape index (κ1) is 18.7. The molecule has 0 radical (unpaired) electrons. The number of nitrogens with one attached hydrogen (secondary N) is 1. The molecule has 2 aliphatic heterocycles. The molecule has 0 aromatic heterocycles. The van der Waals surface area contributed by atoms with Gasteiger partial charge in [0, 0.05) is 24.1 Å². The van der Waals surface area contributed by atoms with Crippen LogP contribution in [0.2, 0.25) is 0 Å². The quantitative estimate of drug-likeness (QED) is 0.647. The third kappa shape index (κ3) is 2.77. The van der Waals surface area contributed by atoms with Crippen LogP contribution in [0.4, 0.5) is 5.69 Å². The molecule has 2 heterocycles. The number of hydrogen-bond donors (Lipinski definition) is 1. The van der Waals surface area contributed by atoms with Crippen LogP contribution in [-0.4, -0.2) is 18.1 Å². The Hall–Kier alpha value is -3.33. The average molecular weight is 395 g/mol. The zero-order valence-electron chi connectivity index (χ0n) is 17.4. The Kier molecular flexibility index (Phi) is 4.28. The average Bonchev–Trinajstić information content (AvgIpc) is 2.97. The lowest BCUT2D eigenvalue weighted by Crippen LogP contribution is -2.68. The van der Waals surface area contributed by atoms with E-state index in [2.05, 4.69) is 109 Å². The number of para-hydroxylation sites is 1. The van der Waals surface area contributed by atoms with Crippen molar-refractivity contribution in [1.82, 2.24) is 5.32 Å². The molecule has 1 atom stereocenters. The molecule has 1 N–H and O–H groups in total. The van der Waals surface area contributed by atoms with E-state index in [0.29, 0.717) is 6.42 Å². The molecule has 1 amide bonds. The highest BCUT2D eigenvalue weighted by Gasteiger charge is 2.57. The Morgan fingerprint density at radius 3 is 2.30 bits per heavy atom. The van der Waals surface area contributed by atoms with Gasteiger partial charge in [-0.05, 0) is 34.4 Å². The molecule has 30 heavy (non-hydrogen) atoms. The summed E-state index contributed by atoms with van der Waals surface area (Å²) in [7, 11) is 0. The maximum absolute atomic E-state index is 12.5. The molecule has 0 saturated carbocycles. The first-order valence-corrected chi connectivity index (χ1v) is 10.5. The Labute approximate surface area is 178 Å². The third-order valence-electron chi connectivity index (χ3n) is 6.67. The zero-order chi connectivity index (χ0) is 20.8. The lowest BCUT2D eigenvalue weighted by molar-refractivity contribution is -0.124. The lowest BCUT2D eigenvalue weighted by Gasteiger charge is -2.49. The minimum absolute atomic E-state index is 0.108. The summed E-state index contributed by atoms with van der Waals surface area (Å²) in [5.41, 5.74) is 5.21. The minimum Gasteiger partial charge on any atom is -0.344 e. The fourth-order valence-corrected chi connectivity index (χ4v) is 4.95. The summed E-state index contributed by atoms with van der Waals surface area (Å²) in [6.07, 6.45) is 4.84. The number of hydrogen-bond acceptors (Lipinski definition) is 2. The highest BCUT2D eigenvalue weighted by Crippen LogP contribution is 2.52. The van der Waals surface area contributed by atoms with Gasteiger partial charge in [0.2, 0.25) is 5.91 Å². The van der Waals surface area contributed by atoms with Crippen LogP contribution in [0.25, 0.3) is 17.2 Å². The maximum atomic E-state index is 12.5. The van der Waals surface area contributed by atoms with Crippen molar-refractivity contribution in [3.63, 3.8) is 0 Å². The predicted molar refractivity (Wildman–Crippen MR) is 123 cm³/mol. The summed E-state index contributed by atoms with van der Waals surface area (Å²) in [5, 5.41) is 3.34. The van der Waals surface area contributed by atoms with Crippen LogP contribution in [-0.2, 0) is 10.2 Å². The minimum atomic E-state index is -0.565. The van der Waals surface area contributed by atoms with Crippen molar-refractivity contribution >= 4 is 17.7 Å². The van der Waals surface area contributed by atoms with Gasteiger partial charge in [-0.1, -0.05) is 92.7 Å².